The second-order valence-corrected chi connectivity index (χ2v) is 5.59. The second kappa shape index (κ2) is 7.18. The molecule has 1 saturated heterocycles. The Bertz CT molecular complexity index is 500. The van der Waals surface area contributed by atoms with Crippen LogP contribution in [0.3, 0.4) is 0 Å². The Morgan fingerprint density at radius 1 is 1.43 bits per heavy atom. The average Bonchev–Trinajstić information content (AvgIpc) is 2.51. The Labute approximate surface area is 129 Å². The largest absolute Gasteiger partial charge is 0.338 e. The van der Waals surface area contributed by atoms with Gasteiger partial charge in [0.1, 0.15) is 11.0 Å². The SMILES string of the molecule is CCN(CC)C1CCN(C(=O)c2cc(F)cnc2Cl)CC1. The minimum Gasteiger partial charge on any atom is -0.338 e. The van der Waals surface area contributed by atoms with Gasteiger partial charge in [-0.05, 0) is 32.0 Å². The summed E-state index contributed by atoms with van der Waals surface area (Å²) in [6.45, 7) is 7.70. The molecule has 0 radical (unpaired) electrons. The summed E-state index contributed by atoms with van der Waals surface area (Å²) in [5, 5.41) is 0.0623. The molecular formula is C15H21ClFN3O. The zero-order chi connectivity index (χ0) is 15.4. The van der Waals surface area contributed by atoms with Crippen LogP contribution in [-0.4, -0.2) is 52.9 Å². The first-order chi connectivity index (χ1) is 10.1. The van der Waals surface area contributed by atoms with Crippen molar-refractivity contribution in [2.75, 3.05) is 26.2 Å². The number of nitrogens with zero attached hydrogens (tertiary/aromatic N) is 3. The maximum atomic E-state index is 13.2. The molecule has 21 heavy (non-hydrogen) atoms. The van der Waals surface area contributed by atoms with Crippen LogP contribution in [-0.2, 0) is 0 Å². The Kier molecular flexibility index (Phi) is 5.53. The molecule has 0 aliphatic carbocycles. The Hall–Kier alpha value is -1.20. The van der Waals surface area contributed by atoms with Crippen molar-refractivity contribution in [3.63, 3.8) is 0 Å². The summed E-state index contributed by atoms with van der Waals surface area (Å²) in [6.07, 6.45) is 2.90. The third-order valence-electron chi connectivity index (χ3n) is 4.12. The van der Waals surface area contributed by atoms with Crippen LogP contribution in [0.15, 0.2) is 12.3 Å². The van der Waals surface area contributed by atoms with Gasteiger partial charge in [0.15, 0.2) is 0 Å². The number of carbonyl (C=O) groups is 1. The minimum absolute atomic E-state index is 0.0623. The van der Waals surface area contributed by atoms with E-state index >= 15 is 0 Å². The first kappa shape index (κ1) is 16.2. The summed E-state index contributed by atoms with van der Waals surface area (Å²) < 4.78 is 13.2. The van der Waals surface area contributed by atoms with E-state index in [1.165, 1.54) is 0 Å². The molecule has 2 rings (SSSR count). The number of carbonyl (C=O) groups excluding carboxylic acids is 1. The topological polar surface area (TPSA) is 36.4 Å². The van der Waals surface area contributed by atoms with Gasteiger partial charge >= 0.3 is 0 Å². The lowest BCUT2D eigenvalue weighted by Crippen LogP contribution is -2.46. The normalized spacial score (nSPS) is 16.5. The average molecular weight is 314 g/mol. The molecule has 0 saturated carbocycles. The van der Waals surface area contributed by atoms with Gasteiger partial charge in [-0.3, -0.25) is 4.79 Å². The van der Waals surface area contributed by atoms with Crippen molar-refractivity contribution in [1.82, 2.24) is 14.8 Å². The lowest BCUT2D eigenvalue weighted by molar-refractivity contribution is 0.0630. The van der Waals surface area contributed by atoms with Crippen LogP contribution >= 0.6 is 11.6 Å². The van der Waals surface area contributed by atoms with E-state index < -0.39 is 5.82 Å². The number of amides is 1. The van der Waals surface area contributed by atoms with Gasteiger partial charge in [-0.15, -0.1) is 0 Å². The molecule has 1 aliphatic rings. The maximum absolute atomic E-state index is 13.2. The summed E-state index contributed by atoms with van der Waals surface area (Å²) in [4.78, 5) is 20.3. The number of likely N-dealkylation sites (tertiary alicyclic amines) is 1. The lowest BCUT2D eigenvalue weighted by atomic mass is 10.0. The van der Waals surface area contributed by atoms with E-state index in [2.05, 4.69) is 23.7 Å². The van der Waals surface area contributed by atoms with Crippen LogP contribution < -0.4 is 0 Å². The van der Waals surface area contributed by atoms with Crippen LogP contribution in [0.5, 0.6) is 0 Å². The molecule has 0 aromatic carbocycles. The zero-order valence-corrected chi connectivity index (χ0v) is 13.2. The highest BCUT2D eigenvalue weighted by Crippen LogP contribution is 2.21. The zero-order valence-electron chi connectivity index (χ0n) is 12.5. The molecule has 0 bridgehead atoms. The standard InChI is InChI=1S/C15H21ClFN3O/c1-3-19(4-2)12-5-7-20(8-6-12)15(21)13-9-11(17)10-18-14(13)16/h9-10,12H,3-8H2,1-2H3. The van der Waals surface area contributed by atoms with Crippen molar-refractivity contribution in [3.8, 4) is 0 Å². The van der Waals surface area contributed by atoms with E-state index in [-0.39, 0.29) is 16.6 Å². The van der Waals surface area contributed by atoms with Gasteiger partial charge in [-0.2, -0.15) is 0 Å². The molecule has 116 valence electrons. The van der Waals surface area contributed by atoms with Gasteiger partial charge in [-0.1, -0.05) is 25.4 Å². The number of hydrogen-bond acceptors (Lipinski definition) is 3. The van der Waals surface area contributed by atoms with Crippen molar-refractivity contribution >= 4 is 17.5 Å². The number of pyridine rings is 1. The minimum atomic E-state index is -0.541. The first-order valence-electron chi connectivity index (χ1n) is 7.41. The quantitative estimate of drug-likeness (QED) is 0.802. The second-order valence-electron chi connectivity index (χ2n) is 5.24. The molecule has 1 aliphatic heterocycles. The molecule has 0 atom stereocenters. The number of piperidine rings is 1. The molecule has 1 amide bonds. The maximum Gasteiger partial charge on any atom is 0.257 e. The summed E-state index contributed by atoms with van der Waals surface area (Å²) in [5.41, 5.74) is 0.151. The van der Waals surface area contributed by atoms with Gasteiger partial charge in [0, 0.05) is 19.1 Å². The molecule has 4 nitrogen and oxygen atoms in total. The Morgan fingerprint density at radius 2 is 2.05 bits per heavy atom. The van der Waals surface area contributed by atoms with E-state index in [0.717, 1.165) is 38.2 Å². The van der Waals surface area contributed by atoms with E-state index in [0.29, 0.717) is 19.1 Å². The fraction of sp³-hybridized carbons (Fsp3) is 0.600. The van der Waals surface area contributed by atoms with Crippen molar-refractivity contribution in [2.24, 2.45) is 0 Å². The Balaban J connectivity index is 2.02. The summed E-state index contributed by atoms with van der Waals surface area (Å²) >= 11 is 5.90. The molecule has 0 spiro atoms. The molecular weight excluding hydrogens is 293 g/mol. The van der Waals surface area contributed by atoms with Gasteiger partial charge in [0.25, 0.3) is 5.91 Å². The highest BCUT2D eigenvalue weighted by Gasteiger charge is 2.27. The fourth-order valence-electron chi connectivity index (χ4n) is 2.92. The molecule has 0 unspecified atom stereocenters. The van der Waals surface area contributed by atoms with Gasteiger partial charge in [0.2, 0.25) is 0 Å². The number of rotatable bonds is 4. The van der Waals surface area contributed by atoms with Crippen LogP contribution in [0.2, 0.25) is 5.15 Å². The summed E-state index contributed by atoms with van der Waals surface area (Å²) in [5.74, 6) is -0.772. The van der Waals surface area contributed by atoms with Crippen molar-refractivity contribution in [3.05, 3.63) is 28.8 Å². The van der Waals surface area contributed by atoms with E-state index in [1.807, 2.05) is 0 Å². The first-order valence-corrected chi connectivity index (χ1v) is 7.79. The van der Waals surface area contributed by atoms with Crippen LogP contribution in [0.1, 0.15) is 37.0 Å². The van der Waals surface area contributed by atoms with Crippen LogP contribution in [0.4, 0.5) is 4.39 Å². The fourth-order valence-corrected chi connectivity index (χ4v) is 3.10. The van der Waals surface area contributed by atoms with Crippen LogP contribution in [0.25, 0.3) is 0 Å². The third-order valence-corrected chi connectivity index (χ3v) is 4.42. The van der Waals surface area contributed by atoms with E-state index in [1.54, 1.807) is 4.90 Å². The smallest absolute Gasteiger partial charge is 0.257 e. The number of halogens is 2. The number of aromatic nitrogens is 1. The molecule has 1 aromatic heterocycles. The van der Waals surface area contributed by atoms with Gasteiger partial charge in [-0.25, -0.2) is 9.37 Å². The summed E-state index contributed by atoms with van der Waals surface area (Å²) in [7, 11) is 0. The van der Waals surface area contributed by atoms with Crippen molar-refractivity contribution in [2.45, 2.75) is 32.7 Å². The highest BCUT2D eigenvalue weighted by atomic mass is 35.5. The predicted octanol–water partition coefficient (Wildman–Crippen LogP) is 2.82. The monoisotopic (exact) mass is 313 g/mol. The molecule has 6 heteroatoms. The molecule has 1 fully saturated rings. The number of hydrogen-bond donors (Lipinski definition) is 0. The highest BCUT2D eigenvalue weighted by molar-refractivity contribution is 6.32. The van der Waals surface area contributed by atoms with E-state index in [4.69, 9.17) is 11.6 Å². The van der Waals surface area contributed by atoms with E-state index in [9.17, 15) is 9.18 Å². The molecule has 0 N–H and O–H groups in total. The Morgan fingerprint density at radius 3 is 2.62 bits per heavy atom. The third kappa shape index (κ3) is 3.71. The van der Waals surface area contributed by atoms with Crippen molar-refractivity contribution < 1.29 is 9.18 Å². The molecule has 2 heterocycles. The van der Waals surface area contributed by atoms with Crippen LogP contribution in [0, 0.1) is 5.82 Å². The molecule has 1 aromatic rings. The summed E-state index contributed by atoms with van der Waals surface area (Å²) in [6, 6.07) is 1.68. The van der Waals surface area contributed by atoms with Gasteiger partial charge < -0.3 is 9.80 Å². The van der Waals surface area contributed by atoms with Gasteiger partial charge in [0.05, 0.1) is 11.8 Å². The lowest BCUT2D eigenvalue weighted by Gasteiger charge is -2.37. The predicted molar refractivity (Wildman–Crippen MR) is 81.1 cm³/mol. The van der Waals surface area contributed by atoms with Crippen molar-refractivity contribution in [1.29, 1.82) is 0 Å².